The Morgan fingerprint density at radius 2 is 2.08 bits per heavy atom. The summed E-state index contributed by atoms with van der Waals surface area (Å²) in [6.07, 6.45) is 5.84. The van der Waals surface area contributed by atoms with Crippen LogP contribution in [0.1, 0.15) is 32.1 Å². The number of rotatable bonds is 3. The summed E-state index contributed by atoms with van der Waals surface area (Å²) in [5.41, 5.74) is 5.51. The lowest BCUT2D eigenvalue weighted by molar-refractivity contribution is -0.182. The first-order valence-electron chi connectivity index (χ1n) is 5.35. The van der Waals surface area contributed by atoms with E-state index in [2.05, 4.69) is 0 Å². The molecule has 1 aliphatic carbocycles. The SMILES string of the molecule is NCCC[C@H]1CCCC12OCCO2. The maximum Gasteiger partial charge on any atom is 0.171 e. The van der Waals surface area contributed by atoms with E-state index in [0.29, 0.717) is 5.92 Å². The van der Waals surface area contributed by atoms with Gasteiger partial charge in [-0.3, -0.25) is 0 Å². The van der Waals surface area contributed by atoms with Crippen molar-refractivity contribution < 1.29 is 9.47 Å². The summed E-state index contributed by atoms with van der Waals surface area (Å²) in [5, 5.41) is 0. The average Bonchev–Trinajstić information content (AvgIpc) is 2.75. The molecular weight excluding hydrogens is 166 g/mol. The smallest absolute Gasteiger partial charge is 0.171 e. The fourth-order valence-corrected chi connectivity index (χ4v) is 2.60. The van der Waals surface area contributed by atoms with Crippen molar-refractivity contribution in [1.29, 1.82) is 0 Å². The van der Waals surface area contributed by atoms with Gasteiger partial charge in [-0.05, 0) is 32.2 Å². The Balaban J connectivity index is 1.93. The first kappa shape index (κ1) is 9.44. The molecule has 1 saturated carbocycles. The highest BCUT2D eigenvalue weighted by molar-refractivity contribution is 4.88. The molecule has 1 aliphatic heterocycles. The number of nitrogens with two attached hydrogens (primary N) is 1. The van der Waals surface area contributed by atoms with E-state index in [1.807, 2.05) is 0 Å². The van der Waals surface area contributed by atoms with E-state index in [9.17, 15) is 0 Å². The molecule has 0 aromatic heterocycles. The van der Waals surface area contributed by atoms with Crippen molar-refractivity contribution in [1.82, 2.24) is 0 Å². The Bertz CT molecular complexity index is 161. The maximum atomic E-state index is 5.75. The predicted octanol–water partition coefficient (Wildman–Crippen LogP) is 1.27. The second kappa shape index (κ2) is 3.95. The third-order valence-corrected chi connectivity index (χ3v) is 3.23. The Hall–Kier alpha value is -0.120. The normalized spacial score (nSPS) is 31.6. The van der Waals surface area contributed by atoms with Gasteiger partial charge in [-0.25, -0.2) is 0 Å². The monoisotopic (exact) mass is 185 g/mol. The zero-order valence-corrected chi connectivity index (χ0v) is 8.13. The molecule has 2 rings (SSSR count). The Labute approximate surface area is 79.6 Å². The minimum absolute atomic E-state index is 0.199. The molecule has 1 saturated heterocycles. The lowest BCUT2D eigenvalue weighted by Crippen LogP contribution is -2.34. The van der Waals surface area contributed by atoms with Crippen LogP contribution >= 0.6 is 0 Å². The van der Waals surface area contributed by atoms with Crippen LogP contribution in [0.2, 0.25) is 0 Å². The van der Waals surface area contributed by atoms with Crippen LogP contribution in [0.25, 0.3) is 0 Å². The zero-order valence-electron chi connectivity index (χ0n) is 8.13. The minimum Gasteiger partial charge on any atom is -0.347 e. The fourth-order valence-electron chi connectivity index (χ4n) is 2.60. The van der Waals surface area contributed by atoms with Crippen molar-refractivity contribution in [3.05, 3.63) is 0 Å². The van der Waals surface area contributed by atoms with Crippen molar-refractivity contribution in [3.63, 3.8) is 0 Å². The summed E-state index contributed by atoms with van der Waals surface area (Å²) < 4.78 is 11.5. The maximum absolute atomic E-state index is 5.75. The van der Waals surface area contributed by atoms with Crippen molar-refractivity contribution in [2.45, 2.75) is 37.9 Å². The molecule has 3 nitrogen and oxygen atoms in total. The number of ether oxygens (including phenoxy) is 2. The molecule has 2 N–H and O–H groups in total. The van der Waals surface area contributed by atoms with Gasteiger partial charge in [0, 0.05) is 12.3 Å². The Morgan fingerprint density at radius 1 is 1.31 bits per heavy atom. The third-order valence-electron chi connectivity index (χ3n) is 3.23. The van der Waals surface area contributed by atoms with Gasteiger partial charge in [0.15, 0.2) is 5.79 Å². The van der Waals surface area contributed by atoms with E-state index in [4.69, 9.17) is 15.2 Å². The molecule has 76 valence electrons. The van der Waals surface area contributed by atoms with Crippen molar-refractivity contribution in [2.24, 2.45) is 11.7 Å². The number of hydrogen-bond acceptors (Lipinski definition) is 3. The average molecular weight is 185 g/mol. The van der Waals surface area contributed by atoms with Crippen LogP contribution in [0.4, 0.5) is 0 Å². The molecule has 1 heterocycles. The second-order valence-electron chi connectivity index (χ2n) is 4.03. The Kier molecular flexibility index (Phi) is 2.86. The summed E-state index contributed by atoms with van der Waals surface area (Å²) >= 11 is 0. The molecule has 1 atom stereocenters. The summed E-state index contributed by atoms with van der Waals surface area (Å²) in [6, 6.07) is 0. The van der Waals surface area contributed by atoms with Crippen LogP contribution in [0.15, 0.2) is 0 Å². The highest BCUT2D eigenvalue weighted by Crippen LogP contribution is 2.44. The van der Waals surface area contributed by atoms with E-state index in [-0.39, 0.29) is 5.79 Å². The van der Waals surface area contributed by atoms with Gasteiger partial charge in [0.05, 0.1) is 13.2 Å². The van der Waals surface area contributed by atoms with Gasteiger partial charge < -0.3 is 15.2 Å². The molecule has 0 aromatic rings. The first-order valence-corrected chi connectivity index (χ1v) is 5.35. The zero-order chi connectivity index (χ0) is 9.15. The molecule has 1 spiro atoms. The van der Waals surface area contributed by atoms with Gasteiger partial charge in [0.2, 0.25) is 0 Å². The molecule has 3 heteroatoms. The van der Waals surface area contributed by atoms with Gasteiger partial charge in [-0.15, -0.1) is 0 Å². The van der Waals surface area contributed by atoms with Crippen LogP contribution < -0.4 is 5.73 Å². The van der Waals surface area contributed by atoms with E-state index >= 15 is 0 Å². The van der Waals surface area contributed by atoms with E-state index in [1.165, 1.54) is 12.8 Å². The fraction of sp³-hybridized carbons (Fsp3) is 1.00. The standard InChI is InChI=1S/C10H19NO2/c11-6-2-4-9-3-1-5-10(9)12-7-8-13-10/h9H,1-8,11H2/t9-/m1/s1. The molecule has 13 heavy (non-hydrogen) atoms. The minimum atomic E-state index is -0.199. The van der Waals surface area contributed by atoms with Crippen molar-refractivity contribution in [3.8, 4) is 0 Å². The van der Waals surface area contributed by atoms with Crippen molar-refractivity contribution in [2.75, 3.05) is 19.8 Å². The largest absolute Gasteiger partial charge is 0.347 e. The summed E-state index contributed by atoms with van der Waals surface area (Å²) in [5.74, 6) is 0.397. The second-order valence-corrected chi connectivity index (χ2v) is 4.03. The van der Waals surface area contributed by atoms with Crippen LogP contribution in [-0.2, 0) is 9.47 Å². The molecule has 2 fully saturated rings. The highest BCUT2D eigenvalue weighted by Gasteiger charge is 2.47. The van der Waals surface area contributed by atoms with Crippen LogP contribution in [0, 0.1) is 5.92 Å². The van der Waals surface area contributed by atoms with Crippen LogP contribution in [0.5, 0.6) is 0 Å². The molecule has 2 aliphatic rings. The van der Waals surface area contributed by atoms with Gasteiger partial charge in [-0.1, -0.05) is 0 Å². The highest BCUT2D eigenvalue weighted by atomic mass is 16.7. The van der Waals surface area contributed by atoms with E-state index in [1.54, 1.807) is 0 Å². The van der Waals surface area contributed by atoms with Gasteiger partial charge in [0.25, 0.3) is 0 Å². The molecule has 0 unspecified atom stereocenters. The third kappa shape index (κ3) is 1.73. The van der Waals surface area contributed by atoms with E-state index < -0.39 is 0 Å². The molecule has 0 amide bonds. The molecule has 0 bridgehead atoms. The van der Waals surface area contributed by atoms with Crippen molar-refractivity contribution >= 4 is 0 Å². The van der Waals surface area contributed by atoms with Gasteiger partial charge in [-0.2, -0.15) is 0 Å². The summed E-state index contributed by atoms with van der Waals surface area (Å²) in [6.45, 7) is 2.34. The van der Waals surface area contributed by atoms with Gasteiger partial charge in [0.1, 0.15) is 0 Å². The molecule has 0 radical (unpaired) electrons. The van der Waals surface area contributed by atoms with E-state index in [0.717, 1.165) is 39.0 Å². The first-order chi connectivity index (χ1) is 6.37. The predicted molar refractivity (Wildman–Crippen MR) is 50.3 cm³/mol. The summed E-state index contributed by atoms with van der Waals surface area (Å²) in [7, 11) is 0. The van der Waals surface area contributed by atoms with Crippen LogP contribution in [-0.4, -0.2) is 25.5 Å². The lowest BCUT2D eigenvalue weighted by atomic mass is 9.96. The van der Waals surface area contributed by atoms with Gasteiger partial charge >= 0.3 is 0 Å². The van der Waals surface area contributed by atoms with Crippen LogP contribution in [0.3, 0.4) is 0 Å². The quantitative estimate of drug-likeness (QED) is 0.720. The Morgan fingerprint density at radius 3 is 2.77 bits per heavy atom. The summed E-state index contributed by atoms with van der Waals surface area (Å²) in [4.78, 5) is 0. The topological polar surface area (TPSA) is 44.5 Å². The number of hydrogen-bond donors (Lipinski definition) is 1. The lowest BCUT2D eigenvalue weighted by Gasteiger charge is -2.29. The molecular formula is C10H19NO2. The molecule has 0 aromatic carbocycles.